The lowest BCUT2D eigenvalue weighted by Gasteiger charge is -2.19. The van der Waals surface area contributed by atoms with Crippen molar-refractivity contribution in [2.75, 3.05) is 30.0 Å². The molecule has 0 saturated carbocycles. The number of carbonyl (C=O) groups excluding carboxylic acids is 4. The maximum absolute atomic E-state index is 12.9. The van der Waals surface area contributed by atoms with Gasteiger partial charge in [-0.05, 0) is 54.6 Å². The Kier molecular flexibility index (Phi) is 5.84. The van der Waals surface area contributed by atoms with E-state index in [1.807, 2.05) is 0 Å². The highest BCUT2D eigenvalue weighted by Crippen LogP contribution is 2.33. The number of imide groups is 1. The van der Waals surface area contributed by atoms with E-state index in [-0.39, 0.29) is 16.7 Å². The second-order valence-electron chi connectivity index (χ2n) is 7.67. The maximum Gasteiger partial charge on any atom is 0.338 e. The summed E-state index contributed by atoms with van der Waals surface area (Å²) in [5, 5.41) is 3.08. The van der Waals surface area contributed by atoms with Crippen molar-refractivity contribution in [2.45, 2.75) is 0 Å². The summed E-state index contributed by atoms with van der Waals surface area (Å²) in [5.74, 6) is -1.35. The summed E-state index contributed by atoms with van der Waals surface area (Å²) in [5.41, 5.74) is 1.09. The monoisotopic (exact) mass is 492 g/mol. The molecule has 35 heavy (non-hydrogen) atoms. The summed E-state index contributed by atoms with van der Waals surface area (Å²) in [6.07, 6.45) is 0. The molecular weight excluding hydrogens is 476 g/mol. The van der Waals surface area contributed by atoms with E-state index in [1.54, 1.807) is 42.5 Å². The van der Waals surface area contributed by atoms with Gasteiger partial charge in [0, 0.05) is 16.8 Å². The van der Waals surface area contributed by atoms with Crippen LogP contribution in [0.5, 0.6) is 11.5 Å². The smallest absolute Gasteiger partial charge is 0.338 e. The first-order valence-electron chi connectivity index (χ1n) is 10.6. The van der Waals surface area contributed by atoms with Gasteiger partial charge in [-0.3, -0.25) is 14.4 Å². The molecule has 10 heteroatoms. The molecule has 2 aliphatic heterocycles. The van der Waals surface area contributed by atoms with Crippen LogP contribution < -0.4 is 19.7 Å². The Bertz CT molecular complexity index is 1370. The number of hydrogen-bond acceptors (Lipinski definition) is 7. The van der Waals surface area contributed by atoms with Crippen molar-refractivity contribution in [1.29, 1.82) is 0 Å². The van der Waals surface area contributed by atoms with Crippen molar-refractivity contribution in [3.05, 3.63) is 82.4 Å². The molecule has 3 aromatic carbocycles. The van der Waals surface area contributed by atoms with E-state index >= 15 is 0 Å². The molecule has 2 aliphatic rings. The van der Waals surface area contributed by atoms with Gasteiger partial charge in [-0.15, -0.1) is 0 Å². The van der Waals surface area contributed by atoms with Crippen molar-refractivity contribution >= 4 is 46.7 Å². The standard InChI is InChI=1S/C25H17ClN2O7/c26-15-2-5-17(6-3-15)28-23(30)18-7-1-14(11-19(18)24(28)31)25(32)35-13-22(29)27-16-4-8-20-21(12-16)34-10-9-33-20/h1-8,11-12H,9-10,13H2,(H,27,29). The number of ether oxygens (including phenoxy) is 3. The molecule has 0 aromatic heterocycles. The third kappa shape index (κ3) is 4.41. The van der Waals surface area contributed by atoms with E-state index in [0.717, 1.165) is 4.90 Å². The third-order valence-electron chi connectivity index (χ3n) is 5.37. The molecule has 0 spiro atoms. The van der Waals surface area contributed by atoms with Gasteiger partial charge in [-0.2, -0.15) is 0 Å². The number of anilines is 2. The van der Waals surface area contributed by atoms with Crippen LogP contribution in [-0.2, 0) is 9.53 Å². The number of esters is 1. The first kappa shape index (κ1) is 22.4. The first-order valence-corrected chi connectivity index (χ1v) is 10.9. The van der Waals surface area contributed by atoms with Gasteiger partial charge in [0.25, 0.3) is 17.7 Å². The Hall–Kier alpha value is -4.37. The summed E-state index contributed by atoms with van der Waals surface area (Å²) in [6.45, 7) is 0.318. The molecule has 0 aliphatic carbocycles. The van der Waals surface area contributed by atoms with E-state index in [4.69, 9.17) is 25.8 Å². The number of benzene rings is 3. The highest BCUT2D eigenvalue weighted by Gasteiger charge is 2.37. The predicted octanol–water partition coefficient (Wildman–Crippen LogP) is 3.71. The van der Waals surface area contributed by atoms with Crippen LogP contribution in [-0.4, -0.2) is 43.5 Å². The molecule has 2 heterocycles. The maximum atomic E-state index is 12.9. The molecule has 5 rings (SSSR count). The van der Waals surface area contributed by atoms with Crippen LogP contribution in [0.4, 0.5) is 11.4 Å². The van der Waals surface area contributed by atoms with Crippen LogP contribution in [0.1, 0.15) is 31.1 Å². The average molecular weight is 493 g/mol. The van der Waals surface area contributed by atoms with Gasteiger partial charge in [0.2, 0.25) is 0 Å². The summed E-state index contributed by atoms with van der Waals surface area (Å²) in [7, 11) is 0. The number of rotatable bonds is 5. The second kappa shape index (κ2) is 9.11. The van der Waals surface area contributed by atoms with Gasteiger partial charge in [-0.25, -0.2) is 9.69 Å². The van der Waals surface area contributed by atoms with Gasteiger partial charge in [0.05, 0.1) is 22.4 Å². The van der Waals surface area contributed by atoms with Crippen molar-refractivity contribution < 1.29 is 33.4 Å². The lowest BCUT2D eigenvalue weighted by molar-refractivity contribution is -0.119. The third-order valence-corrected chi connectivity index (χ3v) is 5.62. The Morgan fingerprint density at radius 1 is 0.886 bits per heavy atom. The van der Waals surface area contributed by atoms with Gasteiger partial charge < -0.3 is 19.5 Å². The van der Waals surface area contributed by atoms with Crippen LogP contribution in [0.2, 0.25) is 5.02 Å². The Labute approximate surface area is 204 Å². The number of amides is 3. The lowest BCUT2D eigenvalue weighted by Crippen LogP contribution is -2.29. The van der Waals surface area contributed by atoms with Gasteiger partial charge in [0.1, 0.15) is 13.2 Å². The average Bonchev–Trinajstić information content (AvgIpc) is 3.12. The summed E-state index contributed by atoms with van der Waals surface area (Å²) < 4.78 is 16.0. The molecule has 0 atom stereocenters. The molecule has 3 amide bonds. The fraction of sp³-hybridized carbons (Fsp3) is 0.120. The highest BCUT2D eigenvalue weighted by molar-refractivity contribution is 6.35. The molecule has 0 bridgehead atoms. The largest absolute Gasteiger partial charge is 0.486 e. The fourth-order valence-electron chi connectivity index (χ4n) is 3.73. The zero-order chi connectivity index (χ0) is 24.5. The number of halogens is 1. The van der Waals surface area contributed by atoms with Crippen LogP contribution >= 0.6 is 11.6 Å². The Balaban J connectivity index is 1.24. The zero-order valence-corrected chi connectivity index (χ0v) is 18.8. The molecule has 0 radical (unpaired) electrons. The Morgan fingerprint density at radius 3 is 2.37 bits per heavy atom. The number of nitrogens with zero attached hydrogens (tertiary/aromatic N) is 1. The van der Waals surface area contributed by atoms with Crippen molar-refractivity contribution in [3.63, 3.8) is 0 Å². The van der Waals surface area contributed by atoms with Crippen LogP contribution in [0.25, 0.3) is 0 Å². The number of hydrogen-bond donors (Lipinski definition) is 1. The van der Waals surface area contributed by atoms with E-state index < -0.39 is 30.3 Å². The summed E-state index contributed by atoms with van der Waals surface area (Å²) in [4.78, 5) is 51.4. The predicted molar refractivity (Wildman–Crippen MR) is 125 cm³/mol. The van der Waals surface area contributed by atoms with Gasteiger partial charge >= 0.3 is 5.97 Å². The second-order valence-corrected chi connectivity index (χ2v) is 8.10. The van der Waals surface area contributed by atoms with E-state index in [1.165, 1.54) is 18.2 Å². The van der Waals surface area contributed by atoms with Crippen LogP contribution in [0.15, 0.2) is 60.7 Å². The minimum atomic E-state index is -0.810. The molecule has 176 valence electrons. The van der Waals surface area contributed by atoms with Gasteiger partial charge in [0.15, 0.2) is 18.1 Å². The SMILES string of the molecule is O=C(COC(=O)c1ccc2c(c1)C(=O)N(c1ccc(Cl)cc1)C2=O)Nc1ccc2c(c1)OCCO2. The number of nitrogens with one attached hydrogen (secondary N) is 1. The molecule has 0 saturated heterocycles. The summed E-state index contributed by atoms with van der Waals surface area (Å²) >= 11 is 5.88. The summed E-state index contributed by atoms with van der Waals surface area (Å²) in [6, 6.07) is 15.2. The zero-order valence-electron chi connectivity index (χ0n) is 18.1. The van der Waals surface area contributed by atoms with Crippen molar-refractivity contribution in [1.82, 2.24) is 0 Å². The van der Waals surface area contributed by atoms with Crippen LogP contribution in [0.3, 0.4) is 0 Å². The molecule has 0 unspecified atom stereocenters. The molecule has 9 nitrogen and oxygen atoms in total. The van der Waals surface area contributed by atoms with E-state index in [2.05, 4.69) is 5.32 Å². The lowest BCUT2D eigenvalue weighted by atomic mass is 10.1. The quantitative estimate of drug-likeness (QED) is 0.427. The fourth-order valence-corrected chi connectivity index (χ4v) is 3.85. The van der Waals surface area contributed by atoms with E-state index in [0.29, 0.717) is 41.1 Å². The van der Waals surface area contributed by atoms with Crippen molar-refractivity contribution in [2.24, 2.45) is 0 Å². The minimum Gasteiger partial charge on any atom is -0.486 e. The van der Waals surface area contributed by atoms with Gasteiger partial charge in [-0.1, -0.05) is 11.6 Å². The Morgan fingerprint density at radius 2 is 1.60 bits per heavy atom. The first-order chi connectivity index (χ1) is 16.9. The molecule has 0 fully saturated rings. The highest BCUT2D eigenvalue weighted by atomic mass is 35.5. The van der Waals surface area contributed by atoms with Crippen LogP contribution in [0, 0.1) is 0 Å². The molecule has 3 aromatic rings. The minimum absolute atomic E-state index is 0.0370. The number of fused-ring (bicyclic) bond motifs is 2. The molecular formula is C25H17ClN2O7. The van der Waals surface area contributed by atoms with Crippen molar-refractivity contribution in [3.8, 4) is 11.5 Å². The normalized spacial score (nSPS) is 13.9. The topological polar surface area (TPSA) is 111 Å². The van der Waals surface area contributed by atoms with E-state index in [9.17, 15) is 19.2 Å². The number of carbonyl (C=O) groups is 4. The molecule has 1 N–H and O–H groups in total.